The second-order valence-corrected chi connectivity index (χ2v) is 5.51. The highest BCUT2D eigenvalue weighted by molar-refractivity contribution is 5.72. The first-order chi connectivity index (χ1) is 8.80. The molecule has 0 atom stereocenters. The first kappa shape index (κ1) is 15.2. The Hall–Kier alpha value is -1.86. The quantitative estimate of drug-likeness (QED) is 0.844. The van der Waals surface area contributed by atoms with Gasteiger partial charge in [-0.1, -0.05) is 6.07 Å². The fourth-order valence-electron chi connectivity index (χ4n) is 1.72. The van der Waals surface area contributed by atoms with Gasteiger partial charge in [0.2, 0.25) is 0 Å². The van der Waals surface area contributed by atoms with E-state index in [1.165, 1.54) is 0 Å². The Morgan fingerprint density at radius 2 is 2.05 bits per heavy atom. The van der Waals surface area contributed by atoms with E-state index >= 15 is 0 Å². The standard InChI is InChI=1S/C15H20N2O2/c1-11-5-12(8-16)7-13(6-11)9-17-10-14(18)19-15(2,3)4/h5-7,17H,9-10H2,1-4H3. The summed E-state index contributed by atoms with van der Waals surface area (Å²) >= 11 is 0. The van der Waals surface area contributed by atoms with Crippen molar-refractivity contribution in [1.82, 2.24) is 5.32 Å². The van der Waals surface area contributed by atoms with Crippen LogP contribution in [0.2, 0.25) is 0 Å². The van der Waals surface area contributed by atoms with E-state index in [-0.39, 0.29) is 12.5 Å². The average molecular weight is 260 g/mol. The molecule has 4 heteroatoms. The van der Waals surface area contributed by atoms with Crippen LogP contribution in [-0.2, 0) is 16.1 Å². The number of carbonyl (C=O) groups is 1. The molecule has 0 radical (unpaired) electrons. The van der Waals surface area contributed by atoms with Crippen molar-refractivity contribution in [3.8, 4) is 6.07 Å². The molecule has 1 aromatic rings. The van der Waals surface area contributed by atoms with Crippen LogP contribution in [0, 0.1) is 18.3 Å². The first-order valence-corrected chi connectivity index (χ1v) is 6.23. The summed E-state index contributed by atoms with van der Waals surface area (Å²) < 4.78 is 5.19. The molecule has 0 fully saturated rings. The Bertz CT molecular complexity index is 496. The van der Waals surface area contributed by atoms with E-state index in [0.29, 0.717) is 12.1 Å². The van der Waals surface area contributed by atoms with E-state index in [0.717, 1.165) is 11.1 Å². The minimum atomic E-state index is -0.462. The molecule has 0 aliphatic rings. The maximum absolute atomic E-state index is 11.5. The number of benzene rings is 1. The van der Waals surface area contributed by atoms with Crippen molar-refractivity contribution in [2.24, 2.45) is 0 Å². The number of hydrogen-bond acceptors (Lipinski definition) is 4. The van der Waals surface area contributed by atoms with Crippen LogP contribution in [0.5, 0.6) is 0 Å². The van der Waals surface area contributed by atoms with Gasteiger partial charge in [0.25, 0.3) is 0 Å². The number of esters is 1. The van der Waals surface area contributed by atoms with Crippen LogP contribution in [0.3, 0.4) is 0 Å². The van der Waals surface area contributed by atoms with E-state index in [1.54, 1.807) is 0 Å². The van der Waals surface area contributed by atoms with Crippen molar-refractivity contribution in [3.05, 3.63) is 34.9 Å². The lowest BCUT2D eigenvalue weighted by molar-refractivity contribution is -0.153. The number of nitrogens with one attached hydrogen (secondary N) is 1. The second kappa shape index (κ2) is 6.35. The zero-order chi connectivity index (χ0) is 14.5. The number of ether oxygens (including phenoxy) is 1. The van der Waals surface area contributed by atoms with Gasteiger partial charge >= 0.3 is 5.97 Å². The van der Waals surface area contributed by atoms with Crippen LogP contribution in [0.25, 0.3) is 0 Å². The Kier molecular flexibility index (Phi) is 5.08. The van der Waals surface area contributed by atoms with Gasteiger partial charge < -0.3 is 10.1 Å². The smallest absolute Gasteiger partial charge is 0.320 e. The van der Waals surface area contributed by atoms with Gasteiger partial charge in [-0.25, -0.2) is 0 Å². The van der Waals surface area contributed by atoms with Gasteiger partial charge in [0.1, 0.15) is 5.60 Å². The molecule has 0 saturated heterocycles. The number of hydrogen-bond donors (Lipinski definition) is 1. The number of rotatable bonds is 4. The number of carbonyl (C=O) groups excluding carboxylic acids is 1. The highest BCUT2D eigenvalue weighted by Gasteiger charge is 2.15. The SMILES string of the molecule is Cc1cc(C#N)cc(CNCC(=O)OC(C)(C)C)c1. The van der Waals surface area contributed by atoms with Crippen LogP contribution in [-0.4, -0.2) is 18.1 Å². The van der Waals surface area contributed by atoms with Crippen molar-refractivity contribution in [1.29, 1.82) is 5.26 Å². The molecule has 1 aromatic carbocycles. The Morgan fingerprint density at radius 1 is 1.37 bits per heavy atom. The van der Waals surface area contributed by atoms with Crippen LogP contribution < -0.4 is 5.32 Å². The fourth-order valence-corrected chi connectivity index (χ4v) is 1.72. The van der Waals surface area contributed by atoms with E-state index in [9.17, 15) is 4.79 Å². The molecule has 0 aliphatic carbocycles. The third-order valence-electron chi connectivity index (χ3n) is 2.28. The summed E-state index contributed by atoms with van der Waals surface area (Å²) in [6, 6.07) is 7.75. The predicted molar refractivity (Wildman–Crippen MR) is 73.4 cm³/mol. The molecule has 0 unspecified atom stereocenters. The highest BCUT2D eigenvalue weighted by atomic mass is 16.6. The molecular formula is C15H20N2O2. The van der Waals surface area contributed by atoms with E-state index in [4.69, 9.17) is 10.00 Å². The largest absolute Gasteiger partial charge is 0.459 e. The lowest BCUT2D eigenvalue weighted by Crippen LogP contribution is -2.31. The Labute approximate surface area is 114 Å². The highest BCUT2D eigenvalue weighted by Crippen LogP contribution is 2.09. The van der Waals surface area contributed by atoms with Gasteiger partial charge in [-0.3, -0.25) is 4.79 Å². The minimum Gasteiger partial charge on any atom is -0.459 e. The predicted octanol–water partition coefficient (Wildman–Crippen LogP) is 2.30. The monoisotopic (exact) mass is 260 g/mol. The molecule has 0 aliphatic heterocycles. The van der Waals surface area contributed by atoms with E-state index in [2.05, 4.69) is 11.4 Å². The van der Waals surface area contributed by atoms with Crippen LogP contribution in [0.15, 0.2) is 18.2 Å². The van der Waals surface area contributed by atoms with E-state index < -0.39 is 5.60 Å². The second-order valence-electron chi connectivity index (χ2n) is 5.51. The normalized spacial score (nSPS) is 10.9. The van der Waals surface area contributed by atoms with Gasteiger partial charge in [0.15, 0.2) is 0 Å². The molecule has 0 saturated carbocycles. The lowest BCUT2D eigenvalue weighted by Gasteiger charge is -2.19. The van der Waals surface area contributed by atoms with Crippen LogP contribution in [0.4, 0.5) is 0 Å². The van der Waals surface area contributed by atoms with Gasteiger partial charge in [0, 0.05) is 6.54 Å². The fraction of sp³-hybridized carbons (Fsp3) is 0.467. The van der Waals surface area contributed by atoms with Gasteiger partial charge in [-0.2, -0.15) is 5.26 Å². The molecule has 4 nitrogen and oxygen atoms in total. The van der Waals surface area contributed by atoms with Gasteiger partial charge in [0.05, 0.1) is 18.2 Å². The molecule has 102 valence electrons. The molecule has 19 heavy (non-hydrogen) atoms. The van der Waals surface area contributed by atoms with Crippen molar-refractivity contribution in [2.75, 3.05) is 6.54 Å². The Morgan fingerprint density at radius 3 is 2.63 bits per heavy atom. The van der Waals surface area contributed by atoms with Gasteiger partial charge in [-0.05, 0) is 51.0 Å². The Balaban J connectivity index is 2.48. The molecule has 0 bridgehead atoms. The topological polar surface area (TPSA) is 62.1 Å². The van der Waals surface area contributed by atoms with Crippen molar-refractivity contribution in [2.45, 2.75) is 39.8 Å². The van der Waals surface area contributed by atoms with Crippen molar-refractivity contribution < 1.29 is 9.53 Å². The summed E-state index contributed by atoms with van der Waals surface area (Å²) in [5.74, 6) is -0.277. The minimum absolute atomic E-state index is 0.160. The number of aryl methyl sites for hydroxylation is 1. The zero-order valence-electron chi connectivity index (χ0n) is 11.9. The summed E-state index contributed by atoms with van der Waals surface area (Å²) in [5, 5.41) is 11.9. The van der Waals surface area contributed by atoms with Crippen molar-refractivity contribution >= 4 is 5.97 Å². The molecule has 1 N–H and O–H groups in total. The third-order valence-corrected chi connectivity index (χ3v) is 2.28. The van der Waals surface area contributed by atoms with Crippen LogP contribution in [0.1, 0.15) is 37.5 Å². The van der Waals surface area contributed by atoms with E-state index in [1.807, 2.05) is 45.9 Å². The molecule has 1 rings (SSSR count). The zero-order valence-corrected chi connectivity index (χ0v) is 11.9. The summed E-state index contributed by atoms with van der Waals surface area (Å²) in [5.41, 5.74) is 2.19. The molecular weight excluding hydrogens is 240 g/mol. The van der Waals surface area contributed by atoms with Gasteiger partial charge in [-0.15, -0.1) is 0 Å². The summed E-state index contributed by atoms with van der Waals surface area (Å²) in [6.07, 6.45) is 0. The summed E-state index contributed by atoms with van der Waals surface area (Å²) in [7, 11) is 0. The molecule has 0 aromatic heterocycles. The lowest BCUT2D eigenvalue weighted by atomic mass is 10.1. The molecule has 0 spiro atoms. The molecule has 0 heterocycles. The number of nitriles is 1. The maximum atomic E-state index is 11.5. The average Bonchev–Trinajstić information content (AvgIpc) is 2.25. The first-order valence-electron chi connectivity index (χ1n) is 6.23. The summed E-state index contributed by atoms with van der Waals surface area (Å²) in [6.45, 7) is 8.15. The van der Waals surface area contributed by atoms with Crippen molar-refractivity contribution in [3.63, 3.8) is 0 Å². The molecule has 0 amide bonds. The maximum Gasteiger partial charge on any atom is 0.320 e. The summed E-state index contributed by atoms with van der Waals surface area (Å²) in [4.78, 5) is 11.5. The van der Waals surface area contributed by atoms with Crippen LogP contribution >= 0.6 is 0 Å². The number of nitrogens with zero attached hydrogens (tertiary/aromatic N) is 1. The third kappa shape index (κ3) is 6.03.